The van der Waals surface area contributed by atoms with Crippen LogP contribution >= 0.6 is 0 Å². The summed E-state index contributed by atoms with van der Waals surface area (Å²) in [6.07, 6.45) is 1.14. The van der Waals surface area contributed by atoms with Crippen LogP contribution in [-0.4, -0.2) is 38.7 Å². The van der Waals surface area contributed by atoms with Gasteiger partial charge in [0, 0.05) is 6.04 Å². The summed E-state index contributed by atoms with van der Waals surface area (Å²) in [7, 11) is 4.17. The molecule has 0 bridgehead atoms. The molecule has 0 fully saturated rings. The van der Waals surface area contributed by atoms with E-state index >= 15 is 0 Å². The van der Waals surface area contributed by atoms with Crippen molar-refractivity contribution in [2.75, 3.05) is 33.8 Å². The van der Waals surface area contributed by atoms with E-state index in [0.29, 0.717) is 6.04 Å². The topological polar surface area (TPSA) is 48.3 Å². The molecule has 0 saturated heterocycles. The molecule has 1 atom stereocenters. The molecule has 0 heterocycles. The molecule has 1 aromatic rings. The predicted octanol–water partition coefficient (Wildman–Crippen LogP) is 2.19. The molecule has 104 valence electrons. The Morgan fingerprint density at radius 1 is 1.32 bits per heavy atom. The van der Waals surface area contributed by atoms with Crippen molar-refractivity contribution >= 4 is 0 Å². The Balaban J connectivity index is 2.36. The zero-order valence-corrected chi connectivity index (χ0v) is 12.0. The highest BCUT2D eigenvalue weighted by Crippen LogP contribution is 2.17. The van der Waals surface area contributed by atoms with Crippen LogP contribution in [0.25, 0.3) is 0 Å². The number of hydrogen-bond acceptors (Lipinski definition) is 4. The van der Waals surface area contributed by atoms with Crippen LogP contribution in [0.4, 0.5) is 0 Å². The monoisotopic (exact) mass is 261 g/mol. The quantitative estimate of drug-likeness (QED) is 0.729. The SMILES string of the molecule is CC(NCCCN(C)C)c1ccc(OCC#N)cc1. The lowest BCUT2D eigenvalue weighted by atomic mass is 10.1. The van der Waals surface area contributed by atoms with Gasteiger partial charge in [0.05, 0.1) is 0 Å². The fourth-order valence-electron chi connectivity index (χ4n) is 1.80. The molecule has 0 aliphatic rings. The number of hydrogen-bond donors (Lipinski definition) is 1. The van der Waals surface area contributed by atoms with Crippen molar-refractivity contribution < 1.29 is 4.74 Å². The third-order valence-corrected chi connectivity index (χ3v) is 2.92. The Morgan fingerprint density at radius 3 is 2.58 bits per heavy atom. The summed E-state index contributed by atoms with van der Waals surface area (Å²) < 4.78 is 5.23. The molecule has 0 amide bonds. The van der Waals surface area contributed by atoms with Crippen LogP contribution < -0.4 is 10.1 Å². The first-order chi connectivity index (χ1) is 9.13. The molecule has 1 N–H and O–H groups in total. The number of nitrogens with zero attached hydrogens (tertiary/aromatic N) is 2. The standard InChI is InChI=1S/C15H23N3O/c1-13(17-10-4-11-18(2)3)14-5-7-15(8-6-14)19-12-9-16/h5-8,13,17H,4,10-12H2,1-3H3. The minimum absolute atomic E-state index is 0.0949. The zero-order valence-electron chi connectivity index (χ0n) is 12.0. The third-order valence-electron chi connectivity index (χ3n) is 2.92. The maximum atomic E-state index is 8.44. The third kappa shape index (κ3) is 6.23. The van der Waals surface area contributed by atoms with Gasteiger partial charge in [0.25, 0.3) is 0 Å². The fourth-order valence-corrected chi connectivity index (χ4v) is 1.80. The van der Waals surface area contributed by atoms with Crippen LogP contribution in [0.1, 0.15) is 24.9 Å². The molecule has 4 heteroatoms. The van der Waals surface area contributed by atoms with E-state index in [4.69, 9.17) is 10.00 Å². The van der Waals surface area contributed by atoms with Gasteiger partial charge in [-0.3, -0.25) is 0 Å². The van der Waals surface area contributed by atoms with Gasteiger partial charge in [-0.05, 0) is 58.2 Å². The minimum atomic E-state index is 0.0949. The summed E-state index contributed by atoms with van der Waals surface area (Å²) in [5.74, 6) is 0.741. The van der Waals surface area contributed by atoms with Crippen LogP contribution in [-0.2, 0) is 0 Å². The molecule has 0 aromatic heterocycles. The molecule has 1 rings (SSSR count). The molecule has 0 spiro atoms. The normalized spacial score (nSPS) is 12.2. The maximum Gasteiger partial charge on any atom is 0.174 e. The van der Waals surface area contributed by atoms with Crippen molar-refractivity contribution in [3.63, 3.8) is 0 Å². The lowest BCUT2D eigenvalue weighted by Crippen LogP contribution is -2.23. The van der Waals surface area contributed by atoms with Gasteiger partial charge in [-0.15, -0.1) is 0 Å². The Labute approximate surface area is 116 Å². The summed E-state index contributed by atoms with van der Waals surface area (Å²) in [6, 6.07) is 10.2. The van der Waals surface area contributed by atoms with Crippen molar-refractivity contribution in [1.82, 2.24) is 10.2 Å². The lowest BCUT2D eigenvalue weighted by Gasteiger charge is -2.16. The highest BCUT2D eigenvalue weighted by atomic mass is 16.5. The number of nitriles is 1. The van der Waals surface area contributed by atoms with Crippen molar-refractivity contribution in [3.05, 3.63) is 29.8 Å². The molecule has 0 saturated carbocycles. The van der Waals surface area contributed by atoms with Crippen molar-refractivity contribution in [2.45, 2.75) is 19.4 Å². The molecule has 1 aromatic carbocycles. The second kappa shape index (κ2) is 8.52. The largest absolute Gasteiger partial charge is 0.479 e. The van der Waals surface area contributed by atoms with E-state index in [1.807, 2.05) is 30.3 Å². The summed E-state index contributed by atoms with van der Waals surface area (Å²) >= 11 is 0. The van der Waals surface area contributed by atoms with Gasteiger partial charge in [0.1, 0.15) is 11.8 Å². The first-order valence-corrected chi connectivity index (χ1v) is 6.61. The number of rotatable bonds is 8. The first-order valence-electron chi connectivity index (χ1n) is 6.61. The molecule has 0 radical (unpaired) electrons. The Bertz CT molecular complexity index is 395. The Kier molecular flexibility index (Phi) is 6.94. The highest BCUT2D eigenvalue weighted by Gasteiger charge is 2.04. The molecule has 1 unspecified atom stereocenters. The average molecular weight is 261 g/mol. The summed E-state index contributed by atoms with van der Waals surface area (Å²) in [5, 5.41) is 11.9. The van der Waals surface area contributed by atoms with Crippen molar-refractivity contribution in [2.24, 2.45) is 0 Å². The van der Waals surface area contributed by atoms with Gasteiger partial charge in [0.2, 0.25) is 0 Å². The first kappa shape index (κ1) is 15.5. The van der Waals surface area contributed by atoms with E-state index < -0.39 is 0 Å². The van der Waals surface area contributed by atoms with Gasteiger partial charge in [0.15, 0.2) is 6.61 Å². The zero-order chi connectivity index (χ0) is 14.1. The molecule has 4 nitrogen and oxygen atoms in total. The van der Waals surface area contributed by atoms with Crippen LogP contribution in [0.15, 0.2) is 24.3 Å². The van der Waals surface area contributed by atoms with Gasteiger partial charge in [-0.25, -0.2) is 0 Å². The van der Waals surface area contributed by atoms with Crippen LogP contribution in [0.3, 0.4) is 0 Å². The molecule has 0 aliphatic heterocycles. The Hall–Kier alpha value is -1.57. The number of nitrogens with one attached hydrogen (secondary N) is 1. The Morgan fingerprint density at radius 2 is 2.00 bits per heavy atom. The van der Waals surface area contributed by atoms with Crippen LogP contribution in [0, 0.1) is 11.3 Å². The van der Waals surface area contributed by atoms with Crippen molar-refractivity contribution in [3.8, 4) is 11.8 Å². The smallest absolute Gasteiger partial charge is 0.174 e. The van der Waals surface area contributed by atoms with E-state index in [0.717, 1.165) is 25.3 Å². The van der Waals surface area contributed by atoms with E-state index in [9.17, 15) is 0 Å². The average Bonchev–Trinajstić information content (AvgIpc) is 2.41. The van der Waals surface area contributed by atoms with Gasteiger partial charge in [-0.1, -0.05) is 12.1 Å². The fraction of sp³-hybridized carbons (Fsp3) is 0.533. The predicted molar refractivity (Wildman–Crippen MR) is 77.1 cm³/mol. The second-order valence-electron chi connectivity index (χ2n) is 4.85. The lowest BCUT2D eigenvalue weighted by molar-refractivity contribution is 0.367. The summed E-state index contributed by atoms with van der Waals surface area (Å²) in [6.45, 7) is 4.35. The van der Waals surface area contributed by atoms with Crippen LogP contribution in [0.2, 0.25) is 0 Å². The summed E-state index contributed by atoms with van der Waals surface area (Å²) in [5.41, 5.74) is 1.23. The molecule has 19 heavy (non-hydrogen) atoms. The van der Waals surface area contributed by atoms with E-state index in [1.165, 1.54) is 5.56 Å². The van der Waals surface area contributed by atoms with Gasteiger partial charge in [-0.2, -0.15) is 5.26 Å². The van der Waals surface area contributed by atoms with E-state index in [-0.39, 0.29) is 6.61 Å². The number of benzene rings is 1. The van der Waals surface area contributed by atoms with E-state index in [2.05, 4.69) is 31.2 Å². The molecular formula is C15H23N3O. The van der Waals surface area contributed by atoms with Crippen LogP contribution in [0.5, 0.6) is 5.75 Å². The van der Waals surface area contributed by atoms with Gasteiger partial charge >= 0.3 is 0 Å². The number of ether oxygens (including phenoxy) is 1. The molecular weight excluding hydrogens is 238 g/mol. The molecule has 0 aliphatic carbocycles. The highest BCUT2D eigenvalue weighted by molar-refractivity contribution is 5.29. The second-order valence-corrected chi connectivity index (χ2v) is 4.85. The van der Waals surface area contributed by atoms with Gasteiger partial charge < -0.3 is 15.0 Å². The van der Waals surface area contributed by atoms with E-state index in [1.54, 1.807) is 0 Å². The maximum absolute atomic E-state index is 8.44. The van der Waals surface area contributed by atoms with Crippen molar-refractivity contribution in [1.29, 1.82) is 5.26 Å². The minimum Gasteiger partial charge on any atom is -0.479 e. The summed E-state index contributed by atoms with van der Waals surface area (Å²) in [4.78, 5) is 2.19.